The summed E-state index contributed by atoms with van der Waals surface area (Å²) in [6.45, 7) is 11.3. The molecule has 12 heteroatoms. The highest BCUT2D eigenvalue weighted by atomic mass is 19.1. The van der Waals surface area contributed by atoms with E-state index in [-0.39, 0.29) is 48.1 Å². The van der Waals surface area contributed by atoms with Crippen LogP contribution in [-0.2, 0) is 4.79 Å². The molecular weight excluding hydrogens is 587 g/mol. The zero-order valence-electron chi connectivity index (χ0n) is 26.0. The monoisotopic (exact) mass is 620 g/mol. The normalized spacial score (nSPS) is 16.7. The van der Waals surface area contributed by atoms with Gasteiger partial charge in [-0.25, -0.2) is 9.37 Å². The van der Waals surface area contributed by atoms with Crippen molar-refractivity contribution in [3.05, 3.63) is 92.7 Å². The van der Waals surface area contributed by atoms with E-state index < -0.39 is 29.0 Å². The number of halogens is 1. The molecule has 1 fully saturated rings. The van der Waals surface area contributed by atoms with Crippen LogP contribution in [-0.4, -0.2) is 52.7 Å². The van der Waals surface area contributed by atoms with E-state index in [9.17, 15) is 19.6 Å². The highest BCUT2D eigenvalue weighted by molar-refractivity contribution is 5.96. The minimum atomic E-state index is -0.852. The number of H-pyrrole nitrogens is 1. The molecule has 5 heterocycles. The molecule has 1 N–H and O–H groups in total. The van der Waals surface area contributed by atoms with Gasteiger partial charge in [0.15, 0.2) is 11.5 Å². The van der Waals surface area contributed by atoms with Gasteiger partial charge in [-0.2, -0.15) is 10.4 Å². The van der Waals surface area contributed by atoms with Crippen LogP contribution >= 0.6 is 0 Å². The van der Waals surface area contributed by atoms with Gasteiger partial charge in [-0.3, -0.25) is 33.6 Å². The summed E-state index contributed by atoms with van der Waals surface area (Å²) in [6, 6.07) is 7.70. The Hall–Kier alpha value is -5.44. The van der Waals surface area contributed by atoms with Crippen LogP contribution in [0.1, 0.15) is 61.9 Å². The first-order valence-corrected chi connectivity index (χ1v) is 15.1. The first-order chi connectivity index (χ1) is 22.1. The molecule has 0 radical (unpaired) electrons. The summed E-state index contributed by atoms with van der Waals surface area (Å²) >= 11 is 0. The quantitative estimate of drug-likeness (QED) is 0.208. The molecule has 1 unspecified atom stereocenters. The number of aromatic nitrogens is 6. The highest BCUT2D eigenvalue weighted by Crippen LogP contribution is 2.36. The molecule has 1 amide bonds. The van der Waals surface area contributed by atoms with E-state index in [2.05, 4.69) is 27.8 Å². The van der Waals surface area contributed by atoms with Gasteiger partial charge in [0, 0.05) is 41.8 Å². The Morgan fingerprint density at radius 3 is 2.72 bits per heavy atom. The van der Waals surface area contributed by atoms with Crippen LogP contribution in [0.4, 0.5) is 4.39 Å². The Bertz CT molecular complexity index is 2210. The Morgan fingerprint density at radius 1 is 1.22 bits per heavy atom. The number of benzene rings is 1. The summed E-state index contributed by atoms with van der Waals surface area (Å²) in [5.41, 5.74) is 2.21. The topological polar surface area (TPSA) is 143 Å². The van der Waals surface area contributed by atoms with Crippen LogP contribution in [0.3, 0.4) is 0 Å². The van der Waals surface area contributed by atoms with E-state index in [1.807, 2.05) is 39.8 Å². The summed E-state index contributed by atoms with van der Waals surface area (Å²) < 4.78 is 19.0. The Morgan fingerprint density at radius 2 is 2.00 bits per heavy atom. The van der Waals surface area contributed by atoms with Gasteiger partial charge in [0.2, 0.25) is 5.91 Å². The maximum atomic E-state index is 16.4. The number of amides is 1. The van der Waals surface area contributed by atoms with Gasteiger partial charge in [-0.15, -0.1) is 0 Å². The third-order valence-corrected chi connectivity index (χ3v) is 8.84. The lowest BCUT2D eigenvalue weighted by atomic mass is 9.94. The second-order valence-electron chi connectivity index (χ2n) is 12.0. The number of aromatic amines is 1. The van der Waals surface area contributed by atoms with E-state index in [0.717, 1.165) is 5.56 Å². The van der Waals surface area contributed by atoms with Crippen molar-refractivity contribution in [1.82, 2.24) is 34.2 Å². The maximum absolute atomic E-state index is 16.4. The standard InChI is InChI=1S/C34H33FN8O3/c1-6-27(44)41-14-11-22(15-21(41)9-12-36)42-26-16-24(35)30(28-19(4)7-8-25-23(28)17-38-40-25)39-32(26)43(34(46)33(42)45)31-20(5)10-13-37-29(31)18(2)3/h6-8,10,13,16-18,21-22H,1,9,11,14-15H2,2-5H3,(H,38,40)/t21-,22?/m1/s1. The predicted octanol–water partition coefficient (Wildman–Crippen LogP) is 5.00. The Labute approximate surface area is 263 Å². The average Bonchev–Trinajstić information content (AvgIpc) is 3.51. The molecule has 46 heavy (non-hydrogen) atoms. The van der Waals surface area contributed by atoms with E-state index in [1.54, 1.807) is 23.4 Å². The summed E-state index contributed by atoms with van der Waals surface area (Å²) in [5.74, 6) is -1.11. The molecule has 2 atom stereocenters. The molecule has 1 aliphatic rings. The number of nitrogens with zero attached hydrogens (tertiary/aromatic N) is 7. The van der Waals surface area contributed by atoms with Crippen molar-refractivity contribution < 1.29 is 9.18 Å². The summed E-state index contributed by atoms with van der Waals surface area (Å²) in [4.78, 5) is 52.0. The van der Waals surface area contributed by atoms with Crippen LogP contribution in [0.15, 0.2) is 58.9 Å². The van der Waals surface area contributed by atoms with Crippen molar-refractivity contribution in [2.75, 3.05) is 6.54 Å². The predicted molar refractivity (Wildman–Crippen MR) is 172 cm³/mol. The lowest BCUT2D eigenvalue weighted by Crippen LogP contribution is -2.49. The third-order valence-electron chi connectivity index (χ3n) is 8.84. The molecule has 11 nitrogen and oxygen atoms in total. The first-order valence-electron chi connectivity index (χ1n) is 15.1. The highest BCUT2D eigenvalue weighted by Gasteiger charge is 2.34. The second-order valence-corrected chi connectivity index (χ2v) is 12.0. The number of rotatable bonds is 6. The van der Waals surface area contributed by atoms with Gasteiger partial charge in [0.05, 0.1) is 41.1 Å². The number of carbonyl (C=O) groups excluding carboxylic acids is 1. The molecule has 6 rings (SSSR count). The third kappa shape index (κ3) is 4.88. The number of aryl methyl sites for hydroxylation is 2. The summed E-state index contributed by atoms with van der Waals surface area (Å²) in [6.07, 6.45) is 4.99. The number of nitriles is 1. The van der Waals surface area contributed by atoms with E-state index >= 15 is 4.39 Å². The number of hydrogen-bond acceptors (Lipinski definition) is 7. The van der Waals surface area contributed by atoms with Gasteiger partial charge in [0.25, 0.3) is 0 Å². The molecule has 0 saturated carbocycles. The molecule has 5 aromatic rings. The molecule has 1 aliphatic heterocycles. The minimum Gasteiger partial charge on any atom is -0.335 e. The molecule has 0 bridgehead atoms. The van der Waals surface area contributed by atoms with Gasteiger partial charge >= 0.3 is 11.1 Å². The number of hydrogen-bond donors (Lipinski definition) is 1. The van der Waals surface area contributed by atoms with Gasteiger partial charge in [-0.05, 0) is 61.9 Å². The van der Waals surface area contributed by atoms with Gasteiger partial charge < -0.3 is 4.90 Å². The van der Waals surface area contributed by atoms with E-state index in [1.165, 1.54) is 21.3 Å². The fourth-order valence-corrected chi connectivity index (χ4v) is 6.66. The van der Waals surface area contributed by atoms with Crippen molar-refractivity contribution in [2.24, 2.45) is 0 Å². The Kier molecular flexibility index (Phi) is 7.85. The van der Waals surface area contributed by atoms with Gasteiger partial charge in [-0.1, -0.05) is 26.5 Å². The largest absolute Gasteiger partial charge is 0.335 e. The number of carbonyl (C=O) groups is 1. The maximum Gasteiger partial charge on any atom is 0.322 e. The summed E-state index contributed by atoms with van der Waals surface area (Å²) in [5, 5.41) is 17.2. The fourth-order valence-electron chi connectivity index (χ4n) is 6.66. The lowest BCUT2D eigenvalue weighted by Gasteiger charge is -2.39. The number of pyridine rings is 2. The zero-order valence-corrected chi connectivity index (χ0v) is 26.0. The molecule has 4 aromatic heterocycles. The van der Waals surface area contributed by atoms with Crippen molar-refractivity contribution in [2.45, 2.75) is 65.0 Å². The molecule has 1 saturated heterocycles. The first kappa shape index (κ1) is 30.6. The van der Waals surface area contributed by atoms with Crippen LogP contribution in [0.5, 0.6) is 0 Å². The van der Waals surface area contributed by atoms with Crippen LogP contribution < -0.4 is 11.1 Å². The van der Waals surface area contributed by atoms with Crippen molar-refractivity contribution in [3.8, 4) is 23.0 Å². The minimum absolute atomic E-state index is 0.0109. The lowest BCUT2D eigenvalue weighted by molar-refractivity contribution is -0.130. The number of nitrogens with one attached hydrogen (secondary N) is 1. The fraction of sp³-hybridized carbons (Fsp3) is 0.324. The molecule has 234 valence electrons. The molecule has 0 spiro atoms. The van der Waals surface area contributed by atoms with Crippen LogP contribution in [0.25, 0.3) is 39.0 Å². The smallest absolute Gasteiger partial charge is 0.322 e. The van der Waals surface area contributed by atoms with E-state index in [0.29, 0.717) is 39.8 Å². The number of fused-ring (bicyclic) bond motifs is 2. The molecule has 1 aromatic carbocycles. The number of likely N-dealkylation sites (tertiary alicyclic amines) is 1. The SMILES string of the molecule is C=CC(=O)N1CCC(n2c(=O)c(=O)n(-c3c(C)ccnc3C(C)C)c3nc(-c4c(C)ccc5[nH]ncc45)c(F)cc32)C[C@H]1CC#N. The second kappa shape index (κ2) is 11.8. The van der Waals surface area contributed by atoms with Crippen molar-refractivity contribution in [1.29, 1.82) is 5.26 Å². The van der Waals surface area contributed by atoms with Crippen molar-refractivity contribution >= 4 is 28.0 Å². The Balaban J connectivity index is 1.69. The average molecular weight is 621 g/mol. The molecule has 0 aliphatic carbocycles. The van der Waals surface area contributed by atoms with Crippen LogP contribution in [0.2, 0.25) is 0 Å². The van der Waals surface area contributed by atoms with Gasteiger partial charge in [0.1, 0.15) is 5.69 Å². The number of piperidine rings is 1. The molecular formula is C34H33FN8O3. The summed E-state index contributed by atoms with van der Waals surface area (Å²) in [7, 11) is 0. The zero-order chi connectivity index (χ0) is 32.9. The van der Waals surface area contributed by atoms with Crippen LogP contribution in [0, 0.1) is 31.0 Å². The van der Waals surface area contributed by atoms with E-state index in [4.69, 9.17) is 4.98 Å². The van der Waals surface area contributed by atoms with Crippen molar-refractivity contribution in [3.63, 3.8) is 0 Å².